The molecule has 1 N–H and O–H groups in total. The standard InChI is InChI=1S/C19H22N4O3S2/c1-11(2)18-20-8-9-23(18)15-10-14(6-7-16(15)28(5,25)26)17-12(3)21-19(27-17)22-13(4)24/h6-11H,1-5H3,(H,21,22,24). The van der Waals surface area contributed by atoms with Crippen LogP contribution in [0.4, 0.5) is 5.13 Å². The summed E-state index contributed by atoms with van der Waals surface area (Å²) in [6.07, 6.45) is 4.64. The van der Waals surface area contributed by atoms with Crippen molar-refractivity contribution in [1.29, 1.82) is 0 Å². The van der Waals surface area contributed by atoms with E-state index in [4.69, 9.17) is 0 Å². The van der Waals surface area contributed by atoms with E-state index in [1.165, 1.54) is 24.5 Å². The van der Waals surface area contributed by atoms with Crippen molar-refractivity contribution in [2.24, 2.45) is 0 Å². The zero-order valence-electron chi connectivity index (χ0n) is 16.3. The number of thiazole rings is 1. The van der Waals surface area contributed by atoms with Gasteiger partial charge in [-0.3, -0.25) is 4.79 Å². The predicted octanol–water partition coefficient (Wildman–Crippen LogP) is 3.79. The van der Waals surface area contributed by atoms with E-state index in [9.17, 15) is 13.2 Å². The molecule has 0 spiro atoms. The molecule has 1 amide bonds. The molecule has 0 radical (unpaired) electrons. The summed E-state index contributed by atoms with van der Waals surface area (Å²) >= 11 is 1.35. The summed E-state index contributed by atoms with van der Waals surface area (Å²) in [5, 5.41) is 3.21. The molecule has 0 fully saturated rings. The number of imidazole rings is 1. The number of anilines is 1. The van der Waals surface area contributed by atoms with E-state index in [2.05, 4.69) is 15.3 Å². The fourth-order valence-electron chi connectivity index (χ4n) is 2.97. The summed E-state index contributed by atoms with van der Waals surface area (Å²) in [4.78, 5) is 21.2. The number of nitrogens with zero attached hydrogens (tertiary/aromatic N) is 3. The summed E-state index contributed by atoms with van der Waals surface area (Å²) < 4.78 is 26.6. The highest BCUT2D eigenvalue weighted by molar-refractivity contribution is 7.90. The minimum Gasteiger partial charge on any atom is -0.302 e. The Bertz CT molecular complexity index is 1140. The first-order chi connectivity index (χ1) is 13.1. The van der Waals surface area contributed by atoms with Crippen LogP contribution in [-0.2, 0) is 14.6 Å². The lowest BCUT2D eigenvalue weighted by atomic mass is 10.1. The number of amides is 1. The number of nitrogens with one attached hydrogen (secondary N) is 1. The van der Waals surface area contributed by atoms with E-state index in [-0.39, 0.29) is 16.7 Å². The third-order valence-electron chi connectivity index (χ3n) is 4.15. The Labute approximate surface area is 168 Å². The molecule has 7 nitrogen and oxygen atoms in total. The molecule has 2 heterocycles. The van der Waals surface area contributed by atoms with Crippen molar-refractivity contribution in [3.63, 3.8) is 0 Å². The van der Waals surface area contributed by atoms with Gasteiger partial charge in [-0.15, -0.1) is 0 Å². The molecule has 9 heteroatoms. The average molecular weight is 419 g/mol. The summed E-state index contributed by atoms with van der Waals surface area (Å²) in [6.45, 7) is 7.31. The van der Waals surface area contributed by atoms with Crippen LogP contribution in [0, 0.1) is 6.92 Å². The maximum Gasteiger partial charge on any atom is 0.223 e. The van der Waals surface area contributed by atoms with Crippen LogP contribution in [0.2, 0.25) is 0 Å². The first-order valence-electron chi connectivity index (χ1n) is 8.71. The minimum atomic E-state index is -3.44. The van der Waals surface area contributed by atoms with Gasteiger partial charge in [0, 0.05) is 31.5 Å². The quantitative estimate of drug-likeness (QED) is 0.680. The number of carbonyl (C=O) groups excluding carboxylic acids is 1. The normalized spacial score (nSPS) is 11.8. The molecular formula is C19H22N4O3S2. The lowest BCUT2D eigenvalue weighted by Gasteiger charge is -2.15. The van der Waals surface area contributed by atoms with Gasteiger partial charge in [-0.1, -0.05) is 31.3 Å². The molecule has 1 aromatic carbocycles. The number of carbonyl (C=O) groups is 1. The highest BCUT2D eigenvalue weighted by Gasteiger charge is 2.20. The second kappa shape index (κ2) is 7.48. The largest absolute Gasteiger partial charge is 0.302 e. The molecule has 0 atom stereocenters. The van der Waals surface area contributed by atoms with Crippen LogP contribution in [0.15, 0.2) is 35.5 Å². The van der Waals surface area contributed by atoms with Gasteiger partial charge in [-0.25, -0.2) is 18.4 Å². The van der Waals surface area contributed by atoms with Crippen LogP contribution in [0.25, 0.3) is 16.1 Å². The maximum atomic E-state index is 12.4. The molecule has 0 saturated carbocycles. The fraction of sp³-hybridized carbons (Fsp3) is 0.316. The van der Waals surface area contributed by atoms with Gasteiger partial charge in [0.05, 0.1) is 21.2 Å². The summed E-state index contributed by atoms with van der Waals surface area (Å²) in [7, 11) is -3.44. The Morgan fingerprint density at radius 2 is 2.00 bits per heavy atom. The van der Waals surface area contributed by atoms with Crippen molar-refractivity contribution in [2.45, 2.75) is 38.5 Å². The summed E-state index contributed by atoms with van der Waals surface area (Å²) in [5.74, 6) is 0.720. The minimum absolute atomic E-state index is 0.127. The van der Waals surface area contributed by atoms with Crippen molar-refractivity contribution < 1.29 is 13.2 Å². The van der Waals surface area contributed by atoms with E-state index in [1.807, 2.05) is 31.4 Å². The predicted molar refractivity (Wildman–Crippen MR) is 111 cm³/mol. The number of aromatic nitrogens is 3. The first-order valence-corrected chi connectivity index (χ1v) is 11.4. The lowest BCUT2D eigenvalue weighted by molar-refractivity contribution is -0.114. The molecule has 148 valence electrons. The van der Waals surface area contributed by atoms with Crippen molar-refractivity contribution >= 4 is 32.2 Å². The summed E-state index contributed by atoms with van der Waals surface area (Å²) in [6, 6.07) is 5.22. The Kier molecular flexibility index (Phi) is 5.40. The van der Waals surface area contributed by atoms with Gasteiger partial charge >= 0.3 is 0 Å². The molecule has 2 aromatic heterocycles. The molecule has 0 aliphatic carbocycles. The fourth-order valence-corrected chi connectivity index (χ4v) is 4.84. The Hall–Kier alpha value is -2.52. The van der Waals surface area contributed by atoms with Gasteiger partial charge < -0.3 is 9.88 Å². The van der Waals surface area contributed by atoms with Crippen LogP contribution < -0.4 is 5.32 Å². The Morgan fingerprint density at radius 3 is 2.61 bits per heavy atom. The van der Waals surface area contributed by atoms with E-state index in [1.54, 1.807) is 24.5 Å². The van der Waals surface area contributed by atoms with Gasteiger partial charge in [0.1, 0.15) is 5.82 Å². The molecule has 0 bridgehead atoms. The van der Waals surface area contributed by atoms with E-state index < -0.39 is 9.84 Å². The van der Waals surface area contributed by atoms with Gasteiger partial charge in [-0.05, 0) is 24.6 Å². The van der Waals surface area contributed by atoms with Gasteiger partial charge in [0.25, 0.3) is 0 Å². The van der Waals surface area contributed by atoms with Crippen LogP contribution >= 0.6 is 11.3 Å². The van der Waals surface area contributed by atoms with E-state index >= 15 is 0 Å². The number of aryl methyl sites for hydroxylation is 1. The third kappa shape index (κ3) is 4.00. The van der Waals surface area contributed by atoms with Gasteiger partial charge in [0.15, 0.2) is 15.0 Å². The van der Waals surface area contributed by atoms with Crippen molar-refractivity contribution in [1.82, 2.24) is 14.5 Å². The molecule has 3 aromatic rings. The zero-order valence-corrected chi connectivity index (χ0v) is 18.0. The van der Waals surface area contributed by atoms with Crippen LogP contribution in [0.1, 0.15) is 38.2 Å². The van der Waals surface area contributed by atoms with Crippen LogP contribution in [-0.4, -0.2) is 35.1 Å². The number of hydrogen-bond donors (Lipinski definition) is 1. The number of benzene rings is 1. The van der Waals surface area contributed by atoms with Crippen LogP contribution in [0.5, 0.6) is 0 Å². The van der Waals surface area contributed by atoms with Gasteiger partial charge in [-0.2, -0.15) is 0 Å². The Balaban J connectivity index is 2.21. The van der Waals surface area contributed by atoms with Crippen LogP contribution in [0.3, 0.4) is 0 Å². The highest BCUT2D eigenvalue weighted by Crippen LogP contribution is 2.36. The molecular weight excluding hydrogens is 396 g/mol. The third-order valence-corrected chi connectivity index (χ3v) is 6.41. The highest BCUT2D eigenvalue weighted by atomic mass is 32.2. The molecule has 0 aliphatic rings. The molecule has 0 unspecified atom stereocenters. The molecule has 0 saturated heterocycles. The smallest absolute Gasteiger partial charge is 0.223 e. The number of rotatable bonds is 5. The number of sulfone groups is 1. The Morgan fingerprint density at radius 1 is 1.29 bits per heavy atom. The van der Waals surface area contributed by atoms with E-state index in [0.717, 1.165) is 22.0 Å². The number of hydrogen-bond acceptors (Lipinski definition) is 6. The summed E-state index contributed by atoms with van der Waals surface area (Å²) in [5.41, 5.74) is 2.15. The SMILES string of the molecule is CC(=O)Nc1nc(C)c(-c2ccc(S(C)(=O)=O)c(-n3ccnc3C(C)C)c2)s1. The average Bonchev–Trinajstić information content (AvgIpc) is 3.19. The first kappa shape index (κ1) is 20.2. The van der Waals surface area contributed by atoms with Crippen molar-refractivity contribution in [3.8, 4) is 16.1 Å². The molecule has 28 heavy (non-hydrogen) atoms. The molecule has 0 aliphatic heterocycles. The van der Waals surface area contributed by atoms with E-state index in [0.29, 0.717) is 10.8 Å². The monoisotopic (exact) mass is 418 g/mol. The zero-order chi connectivity index (χ0) is 20.6. The van der Waals surface area contributed by atoms with Crippen molar-refractivity contribution in [2.75, 3.05) is 11.6 Å². The lowest BCUT2D eigenvalue weighted by Crippen LogP contribution is -2.08. The maximum absolute atomic E-state index is 12.4. The second-order valence-electron chi connectivity index (χ2n) is 6.88. The molecule has 3 rings (SSSR count). The van der Waals surface area contributed by atoms with Gasteiger partial charge in [0.2, 0.25) is 5.91 Å². The van der Waals surface area contributed by atoms with Crippen molar-refractivity contribution in [3.05, 3.63) is 42.1 Å². The topological polar surface area (TPSA) is 94.0 Å². The second-order valence-corrected chi connectivity index (χ2v) is 9.86.